The van der Waals surface area contributed by atoms with Gasteiger partial charge in [-0.15, -0.1) is 0 Å². The Kier molecular flexibility index (Phi) is 3.38. The normalized spacial score (nSPS) is 21.8. The molecule has 0 amide bonds. The molecule has 0 saturated carbocycles. The van der Waals surface area contributed by atoms with E-state index in [-0.39, 0.29) is 17.5 Å². The number of nitrogens with zero attached hydrogens (tertiary/aromatic N) is 1. The van der Waals surface area contributed by atoms with Gasteiger partial charge in [0.2, 0.25) is 0 Å². The van der Waals surface area contributed by atoms with Crippen LogP contribution in [0.5, 0.6) is 5.75 Å². The van der Waals surface area contributed by atoms with Crippen molar-refractivity contribution in [2.45, 2.75) is 12.5 Å². The molecular formula is C12H18N2O3S. The minimum absolute atomic E-state index is 0.00981. The Hall–Kier alpha value is -1.43. The van der Waals surface area contributed by atoms with Crippen LogP contribution in [0, 0.1) is 0 Å². The molecule has 18 heavy (non-hydrogen) atoms. The second kappa shape index (κ2) is 4.68. The summed E-state index contributed by atoms with van der Waals surface area (Å²) in [5.74, 6) is 1.17. The van der Waals surface area contributed by atoms with Crippen molar-refractivity contribution < 1.29 is 13.2 Å². The molecule has 2 N–H and O–H groups in total. The van der Waals surface area contributed by atoms with E-state index in [1.807, 2.05) is 18.0 Å². The van der Waals surface area contributed by atoms with Crippen LogP contribution < -0.4 is 15.4 Å². The number of benzene rings is 1. The van der Waals surface area contributed by atoms with E-state index in [0.29, 0.717) is 17.9 Å². The van der Waals surface area contributed by atoms with Crippen LogP contribution in [0.3, 0.4) is 0 Å². The van der Waals surface area contributed by atoms with E-state index in [9.17, 15) is 8.42 Å². The number of hydrogen-bond acceptors (Lipinski definition) is 5. The molecule has 1 fully saturated rings. The van der Waals surface area contributed by atoms with Gasteiger partial charge in [0.25, 0.3) is 0 Å². The van der Waals surface area contributed by atoms with Crippen molar-refractivity contribution >= 4 is 21.2 Å². The van der Waals surface area contributed by atoms with Crippen LogP contribution in [0.25, 0.3) is 0 Å². The number of ether oxygens (including phenoxy) is 1. The van der Waals surface area contributed by atoms with Crippen LogP contribution in [0.1, 0.15) is 6.42 Å². The zero-order valence-corrected chi connectivity index (χ0v) is 11.4. The number of sulfone groups is 1. The second-order valence-electron chi connectivity index (χ2n) is 4.59. The fourth-order valence-corrected chi connectivity index (χ4v) is 4.01. The average molecular weight is 270 g/mol. The number of hydrogen-bond donors (Lipinski definition) is 1. The molecule has 0 aromatic heterocycles. The Morgan fingerprint density at radius 1 is 1.44 bits per heavy atom. The topological polar surface area (TPSA) is 72.6 Å². The molecule has 5 nitrogen and oxygen atoms in total. The molecule has 1 aromatic carbocycles. The first kappa shape index (κ1) is 13.0. The third-order valence-corrected chi connectivity index (χ3v) is 5.12. The lowest BCUT2D eigenvalue weighted by molar-refractivity contribution is 0.415. The first-order valence-corrected chi connectivity index (χ1v) is 7.62. The summed E-state index contributed by atoms with van der Waals surface area (Å²) < 4.78 is 28.2. The van der Waals surface area contributed by atoms with E-state index in [1.54, 1.807) is 19.2 Å². The van der Waals surface area contributed by atoms with Gasteiger partial charge in [-0.3, -0.25) is 0 Å². The van der Waals surface area contributed by atoms with Crippen molar-refractivity contribution in [2.24, 2.45) is 0 Å². The SMILES string of the molecule is COc1ccc(N)c(N(C)C2CCS(=O)(=O)C2)c1. The number of nitrogen functional groups attached to an aromatic ring is 1. The number of nitrogens with two attached hydrogens (primary N) is 1. The largest absolute Gasteiger partial charge is 0.497 e. The molecule has 2 rings (SSSR count). The molecule has 1 unspecified atom stereocenters. The zero-order valence-electron chi connectivity index (χ0n) is 10.6. The number of rotatable bonds is 3. The summed E-state index contributed by atoms with van der Waals surface area (Å²) in [5, 5.41) is 0. The summed E-state index contributed by atoms with van der Waals surface area (Å²) in [6.45, 7) is 0. The van der Waals surface area contributed by atoms with Crippen LogP contribution >= 0.6 is 0 Å². The van der Waals surface area contributed by atoms with Gasteiger partial charge in [-0.25, -0.2) is 8.42 Å². The van der Waals surface area contributed by atoms with Crippen LogP contribution in [0.4, 0.5) is 11.4 Å². The molecule has 0 radical (unpaired) electrons. The highest BCUT2D eigenvalue weighted by atomic mass is 32.2. The van der Waals surface area contributed by atoms with Gasteiger partial charge >= 0.3 is 0 Å². The van der Waals surface area contributed by atoms with Gasteiger partial charge in [0.15, 0.2) is 9.84 Å². The predicted octanol–water partition coefficient (Wildman–Crippen LogP) is 0.901. The van der Waals surface area contributed by atoms with Crippen molar-refractivity contribution in [3.8, 4) is 5.75 Å². The monoisotopic (exact) mass is 270 g/mol. The van der Waals surface area contributed by atoms with E-state index in [4.69, 9.17) is 10.5 Å². The summed E-state index contributed by atoms with van der Waals surface area (Å²) in [6.07, 6.45) is 0.648. The predicted molar refractivity (Wildman–Crippen MR) is 72.9 cm³/mol. The lowest BCUT2D eigenvalue weighted by Gasteiger charge is -2.27. The maximum absolute atomic E-state index is 11.5. The molecule has 1 aliphatic rings. The van der Waals surface area contributed by atoms with E-state index < -0.39 is 9.84 Å². The van der Waals surface area contributed by atoms with Crippen molar-refractivity contribution in [3.63, 3.8) is 0 Å². The lowest BCUT2D eigenvalue weighted by Crippen LogP contribution is -2.33. The fourth-order valence-electron chi connectivity index (χ4n) is 2.23. The summed E-state index contributed by atoms with van der Waals surface area (Å²) in [7, 11) is 0.574. The summed E-state index contributed by atoms with van der Waals surface area (Å²) in [5.41, 5.74) is 7.38. The number of anilines is 2. The quantitative estimate of drug-likeness (QED) is 0.826. The first-order chi connectivity index (χ1) is 8.43. The second-order valence-corrected chi connectivity index (χ2v) is 6.82. The van der Waals surface area contributed by atoms with Gasteiger partial charge < -0.3 is 15.4 Å². The van der Waals surface area contributed by atoms with Gasteiger partial charge in [0.05, 0.1) is 30.0 Å². The Labute approximate surface area is 107 Å². The highest BCUT2D eigenvalue weighted by molar-refractivity contribution is 7.91. The Morgan fingerprint density at radius 3 is 2.72 bits per heavy atom. The van der Waals surface area contributed by atoms with E-state index in [0.717, 1.165) is 5.69 Å². The maximum atomic E-state index is 11.5. The fraction of sp³-hybridized carbons (Fsp3) is 0.500. The molecule has 1 heterocycles. The molecule has 0 bridgehead atoms. The minimum atomic E-state index is -2.89. The highest BCUT2D eigenvalue weighted by Crippen LogP contribution is 2.31. The van der Waals surface area contributed by atoms with Gasteiger partial charge in [0, 0.05) is 19.2 Å². The minimum Gasteiger partial charge on any atom is -0.497 e. The molecule has 1 atom stereocenters. The Balaban J connectivity index is 2.26. The zero-order chi connectivity index (χ0) is 13.3. The van der Waals surface area contributed by atoms with Crippen LogP contribution in [-0.4, -0.2) is 40.1 Å². The Morgan fingerprint density at radius 2 is 2.17 bits per heavy atom. The molecule has 1 aliphatic heterocycles. The third-order valence-electron chi connectivity index (χ3n) is 3.37. The number of methoxy groups -OCH3 is 1. The summed E-state index contributed by atoms with van der Waals surface area (Å²) in [6, 6.07) is 5.39. The summed E-state index contributed by atoms with van der Waals surface area (Å²) in [4.78, 5) is 1.93. The average Bonchev–Trinajstić information content (AvgIpc) is 2.69. The van der Waals surface area contributed by atoms with Gasteiger partial charge in [0.1, 0.15) is 5.75 Å². The molecule has 1 saturated heterocycles. The van der Waals surface area contributed by atoms with Crippen molar-refractivity contribution in [3.05, 3.63) is 18.2 Å². The molecule has 0 spiro atoms. The molecule has 0 aliphatic carbocycles. The van der Waals surface area contributed by atoms with E-state index in [1.165, 1.54) is 0 Å². The van der Waals surface area contributed by atoms with Crippen molar-refractivity contribution in [1.29, 1.82) is 0 Å². The smallest absolute Gasteiger partial charge is 0.152 e. The van der Waals surface area contributed by atoms with Crippen LogP contribution in [0.2, 0.25) is 0 Å². The van der Waals surface area contributed by atoms with Gasteiger partial charge in [-0.1, -0.05) is 0 Å². The highest BCUT2D eigenvalue weighted by Gasteiger charge is 2.31. The molecule has 1 aromatic rings. The lowest BCUT2D eigenvalue weighted by atomic mass is 10.1. The van der Waals surface area contributed by atoms with E-state index >= 15 is 0 Å². The van der Waals surface area contributed by atoms with Crippen molar-refractivity contribution in [1.82, 2.24) is 0 Å². The van der Waals surface area contributed by atoms with E-state index in [2.05, 4.69) is 0 Å². The molecule has 100 valence electrons. The first-order valence-electron chi connectivity index (χ1n) is 5.80. The molecular weight excluding hydrogens is 252 g/mol. The third kappa shape index (κ3) is 2.53. The van der Waals surface area contributed by atoms with Crippen LogP contribution in [0.15, 0.2) is 18.2 Å². The van der Waals surface area contributed by atoms with Crippen LogP contribution in [-0.2, 0) is 9.84 Å². The summed E-state index contributed by atoms with van der Waals surface area (Å²) >= 11 is 0. The molecule has 6 heteroatoms. The maximum Gasteiger partial charge on any atom is 0.152 e. The Bertz CT molecular complexity index is 542. The van der Waals surface area contributed by atoms with Gasteiger partial charge in [-0.2, -0.15) is 0 Å². The van der Waals surface area contributed by atoms with Crippen molar-refractivity contribution in [2.75, 3.05) is 36.3 Å². The standard InChI is InChI=1S/C12H18N2O3S/c1-14(9-5-6-18(15,16)8-9)12-7-10(17-2)3-4-11(12)13/h3-4,7,9H,5-6,8,13H2,1-2H3. The van der Waals surface area contributed by atoms with Gasteiger partial charge in [-0.05, 0) is 18.6 Å².